The van der Waals surface area contributed by atoms with Crippen molar-refractivity contribution in [1.29, 1.82) is 0 Å². The molecule has 5 nitrogen and oxygen atoms in total. The number of rotatable bonds is 3. The fourth-order valence-corrected chi connectivity index (χ4v) is 1.88. The van der Waals surface area contributed by atoms with E-state index in [0.717, 1.165) is 5.69 Å². The van der Waals surface area contributed by atoms with Crippen LogP contribution in [0.2, 0.25) is 0 Å². The van der Waals surface area contributed by atoms with Gasteiger partial charge in [0.1, 0.15) is 0 Å². The van der Waals surface area contributed by atoms with Gasteiger partial charge in [-0.05, 0) is 12.8 Å². The fourth-order valence-electron chi connectivity index (χ4n) is 1.88. The average Bonchev–Trinajstić information content (AvgIpc) is 2.83. The predicted octanol–water partition coefficient (Wildman–Crippen LogP) is -0.103. The maximum Gasteiger partial charge on any atom is 0.333 e. The molecule has 1 aromatic rings. The highest BCUT2D eigenvalue weighted by Crippen LogP contribution is 2.50. The molecule has 1 fully saturated rings. The van der Waals surface area contributed by atoms with Crippen LogP contribution in [0.15, 0.2) is 12.5 Å². The molecule has 5 heteroatoms. The summed E-state index contributed by atoms with van der Waals surface area (Å²) in [5, 5.41) is 18.3. The Hall–Kier alpha value is -1.36. The zero-order valence-corrected chi connectivity index (χ0v) is 7.84. The minimum Gasteiger partial charge on any atom is -0.479 e. The van der Waals surface area contributed by atoms with Gasteiger partial charge in [0.2, 0.25) is 0 Å². The van der Waals surface area contributed by atoms with Crippen LogP contribution in [0.1, 0.15) is 18.5 Å². The van der Waals surface area contributed by atoms with Gasteiger partial charge in [-0.2, -0.15) is 0 Å². The van der Waals surface area contributed by atoms with Crippen molar-refractivity contribution in [3.05, 3.63) is 18.2 Å². The monoisotopic (exact) mass is 196 g/mol. The van der Waals surface area contributed by atoms with Gasteiger partial charge in [0.15, 0.2) is 6.10 Å². The highest BCUT2D eigenvalue weighted by molar-refractivity contribution is 5.75. The second kappa shape index (κ2) is 2.81. The van der Waals surface area contributed by atoms with Crippen molar-refractivity contribution in [3.63, 3.8) is 0 Å². The highest BCUT2D eigenvalue weighted by Gasteiger charge is 2.55. The van der Waals surface area contributed by atoms with Crippen LogP contribution in [-0.4, -0.2) is 31.8 Å². The fraction of sp³-hybridized carbons (Fsp3) is 0.556. The van der Waals surface area contributed by atoms with Crippen molar-refractivity contribution in [2.75, 3.05) is 0 Å². The van der Waals surface area contributed by atoms with Crippen LogP contribution in [-0.2, 0) is 17.3 Å². The van der Waals surface area contributed by atoms with Gasteiger partial charge < -0.3 is 14.8 Å². The zero-order chi connectivity index (χ0) is 10.3. The molecule has 0 radical (unpaired) electrons. The van der Waals surface area contributed by atoms with E-state index >= 15 is 0 Å². The van der Waals surface area contributed by atoms with E-state index in [1.165, 1.54) is 0 Å². The van der Waals surface area contributed by atoms with Crippen LogP contribution >= 0.6 is 0 Å². The number of nitrogens with zero attached hydrogens (tertiary/aromatic N) is 2. The molecule has 0 spiro atoms. The van der Waals surface area contributed by atoms with E-state index in [9.17, 15) is 9.90 Å². The molecular weight excluding hydrogens is 184 g/mol. The summed E-state index contributed by atoms with van der Waals surface area (Å²) >= 11 is 0. The van der Waals surface area contributed by atoms with Crippen molar-refractivity contribution in [2.45, 2.75) is 24.4 Å². The minimum absolute atomic E-state index is 0.600. The van der Waals surface area contributed by atoms with E-state index in [-0.39, 0.29) is 0 Å². The van der Waals surface area contributed by atoms with Crippen molar-refractivity contribution in [2.24, 2.45) is 7.05 Å². The molecule has 2 rings (SSSR count). The Bertz CT molecular complexity index is 368. The van der Waals surface area contributed by atoms with Crippen molar-refractivity contribution in [1.82, 2.24) is 9.55 Å². The first kappa shape index (κ1) is 9.21. The number of carboxylic acids is 1. The van der Waals surface area contributed by atoms with Crippen LogP contribution in [0, 0.1) is 0 Å². The molecule has 0 saturated heterocycles. The van der Waals surface area contributed by atoms with Gasteiger partial charge in [-0.3, -0.25) is 0 Å². The maximum atomic E-state index is 10.7. The first-order valence-corrected chi connectivity index (χ1v) is 4.45. The number of aliphatic hydroxyl groups excluding tert-OH is 1. The molecule has 1 saturated carbocycles. The summed E-state index contributed by atoms with van der Waals surface area (Å²) in [7, 11) is 1.80. The predicted molar refractivity (Wildman–Crippen MR) is 47.8 cm³/mol. The lowest BCUT2D eigenvalue weighted by atomic mass is 9.95. The standard InChI is InChI=1S/C9H12N2O3/c1-11-5-10-4-6(11)9(2-3-9)7(12)8(13)14/h4-5,7,12H,2-3H2,1H3,(H,13,14). The van der Waals surface area contributed by atoms with Crippen LogP contribution in [0.4, 0.5) is 0 Å². The Labute approximate surface area is 81.0 Å². The number of carbonyl (C=O) groups is 1. The summed E-state index contributed by atoms with van der Waals surface area (Å²) in [6.45, 7) is 0. The van der Waals surface area contributed by atoms with Crippen LogP contribution in [0.5, 0.6) is 0 Å². The van der Waals surface area contributed by atoms with E-state index in [0.29, 0.717) is 12.8 Å². The molecule has 76 valence electrons. The Kier molecular flexibility index (Phi) is 1.85. The summed E-state index contributed by atoms with van der Waals surface area (Å²) in [5.74, 6) is -1.16. The maximum absolute atomic E-state index is 10.7. The normalized spacial score (nSPS) is 20.4. The first-order valence-electron chi connectivity index (χ1n) is 4.45. The van der Waals surface area contributed by atoms with E-state index in [2.05, 4.69) is 4.98 Å². The summed E-state index contributed by atoms with van der Waals surface area (Å²) in [6.07, 6.45) is 3.33. The van der Waals surface area contributed by atoms with E-state index in [4.69, 9.17) is 5.11 Å². The Morgan fingerprint density at radius 1 is 1.71 bits per heavy atom. The van der Waals surface area contributed by atoms with Crippen LogP contribution < -0.4 is 0 Å². The molecule has 14 heavy (non-hydrogen) atoms. The largest absolute Gasteiger partial charge is 0.479 e. The van der Waals surface area contributed by atoms with E-state index < -0.39 is 17.5 Å². The van der Waals surface area contributed by atoms with Crippen molar-refractivity contribution >= 4 is 5.97 Å². The second-order valence-corrected chi connectivity index (χ2v) is 3.79. The van der Waals surface area contributed by atoms with Gasteiger partial charge >= 0.3 is 5.97 Å². The summed E-state index contributed by atoms with van der Waals surface area (Å²) < 4.78 is 1.76. The lowest BCUT2D eigenvalue weighted by Gasteiger charge is -2.18. The average molecular weight is 196 g/mol. The summed E-state index contributed by atoms with van der Waals surface area (Å²) in [4.78, 5) is 14.6. The van der Waals surface area contributed by atoms with Gasteiger partial charge in [0.05, 0.1) is 6.33 Å². The summed E-state index contributed by atoms with van der Waals surface area (Å²) in [5.41, 5.74) is 0.198. The number of aryl methyl sites for hydroxylation is 1. The number of hydrogen-bond acceptors (Lipinski definition) is 3. The zero-order valence-electron chi connectivity index (χ0n) is 7.84. The topological polar surface area (TPSA) is 75.3 Å². The number of aliphatic hydroxyl groups is 1. The molecule has 1 aromatic heterocycles. The number of imidazole rings is 1. The van der Waals surface area contributed by atoms with Gasteiger partial charge in [0.25, 0.3) is 0 Å². The minimum atomic E-state index is -1.32. The van der Waals surface area contributed by atoms with Crippen molar-refractivity contribution in [3.8, 4) is 0 Å². The molecule has 1 atom stereocenters. The SMILES string of the molecule is Cn1cncc1C1(C(O)C(=O)O)CC1. The smallest absolute Gasteiger partial charge is 0.333 e. The summed E-state index contributed by atoms with van der Waals surface area (Å²) in [6, 6.07) is 0. The molecular formula is C9H12N2O3. The molecule has 0 bridgehead atoms. The number of aromatic nitrogens is 2. The number of carboxylic acid groups (broad SMARTS) is 1. The Morgan fingerprint density at radius 3 is 2.71 bits per heavy atom. The molecule has 1 heterocycles. The molecule has 1 aliphatic rings. The lowest BCUT2D eigenvalue weighted by Crippen LogP contribution is -2.35. The molecule has 0 amide bonds. The van der Waals surface area contributed by atoms with Gasteiger partial charge in [-0.1, -0.05) is 0 Å². The van der Waals surface area contributed by atoms with E-state index in [1.807, 2.05) is 0 Å². The van der Waals surface area contributed by atoms with Gasteiger partial charge in [-0.15, -0.1) is 0 Å². The Morgan fingerprint density at radius 2 is 2.36 bits per heavy atom. The van der Waals surface area contributed by atoms with Gasteiger partial charge in [0, 0.05) is 24.4 Å². The number of aliphatic carboxylic acids is 1. The van der Waals surface area contributed by atoms with Gasteiger partial charge in [-0.25, -0.2) is 9.78 Å². The third-order valence-electron chi connectivity index (χ3n) is 2.87. The van der Waals surface area contributed by atoms with E-state index in [1.54, 1.807) is 24.1 Å². The second-order valence-electron chi connectivity index (χ2n) is 3.79. The molecule has 0 aromatic carbocycles. The molecule has 1 unspecified atom stereocenters. The highest BCUT2D eigenvalue weighted by atomic mass is 16.4. The molecule has 0 aliphatic heterocycles. The van der Waals surface area contributed by atoms with Crippen molar-refractivity contribution < 1.29 is 15.0 Å². The first-order chi connectivity index (χ1) is 6.58. The molecule has 2 N–H and O–H groups in total. The van der Waals surface area contributed by atoms with Crippen LogP contribution in [0.25, 0.3) is 0 Å². The quantitative estimate of drug-likeness (QED) is 0.707. The third-order valence-corrected chi connectivity index (χ3v) is 2.87. The van der Waals surface area contributed by atoms with Crippen LogP contribution in [0.3, 0.4) is 0 Å². The molecule has 1 aliphatic carbocycles. The lowest BCUT2D eigenvalue weighted by molar-refractivity contribution is -0.148. The third kappa shape index (κ3) is 1.13. The Balaban J connectivity index is 2.34. The number of hydrogen-bond donors (Lipinski definition) is 2.